The van der Waals surface area contributed by atoms with Crippen molar-refractivity contribution in [3.05, 3.63) is 64.7 Å². The molecular formula is C25H29BO3. The summed E-state index contributed by atoms with van der Waals surface area (Å²) in [4.78, 5) is 13.6. The maximum atomic E-state index is 13.6. The summed E-state index contributed by atoms with van der Waals surface area (Å²) >= 11 is 0. The van der Waals surface area contributed by atoms with E-state index in [2.05, 4.69) is 64.1 Å². The molecule has 0 amide bonds. The van der Waals surface area contributed by atoms with E-state index < -0.39 is 7.12 Å². The summed E-state index contributed by atoms with van der Waals surface area (Å²) < 4.78 is 12.4. The highest BCUT2D eigenvalue weighted by molar-refractivity contribution is 6.62. The Morgan fingerprint density at radius 3 is 2.00 bits per heavy atom. The van der Waals surface area contributed by atoms with Gasteiger partial charge in [-0.25, -0.2) is 0 Å². The number of rotatable bonds is 1. The summed E-state index contributed by atoms with van der Waals surface area (Å²) in [5, 5.41) is 0. The number of hydrogen-bond acceptors (Lipinski definition) is 3. The maximum Gasteiger partial charge on any atom is 0.494 e. The minimum Gasteiger partial charge on any atom is -0.399 e. The van der Waals surface area contributed by atoms with Crippen molar-refractivity contribution in [1.82, 2.24) is 0 Å². The van der Waals surface area contributed by atoms with Gasteiger partial charge in [-0.15, -0.1) is 0 Å². The number of Topliss-reactive ketones (excluding diaryl/α,β-unsaturated/α-hetero) is 1. The second-order valence-electron chi connectivity index (χ2n) is 10.1. The van der Waals surface area contributed by atoms with Crippen molar-refractivity contribution in [2.45, 2.75) is 71.0 Å². The van der Waals surface area contributed by atoms with E-state index in [1.54, 1.807) is 0 Å². The van der Waals surface area contributed by atoms with E-state index in [0.29, 0.717) is 5.78 Å². The van der Waals surface area contributed by atoms with Crippen LogP contribution in [0.5, 0.6) is 0 Å². The van der Waals surface area contributed by atoms with Gasteiger partial charge in [0.05, 0.1) is 11.2 Å². The molecule has 2 aliphatic carbocycles. The third-order valence-corrected chi connectivity index (χ3v) is 7.78. The molecule has 1 fully saturated rings. The topological polar surface area (TPSA) is 35.5 Å². The van der Waals surface area contributed by atoms with E-state index >= 15 is 0 Å². The first kappa shape index (κ1) is 19.1. The lowest BCUT2D eigenvalue weighted by molar-refractivity contribution is 0.00578. The number of carbonyl (C=O) groups is 1. The minimum atomic E-state index is -0.423. The molecule has 0 atom stereocenters. The van der Waals surface area contributed by atoms with E-state index in [0.717, 1.165) is 43.1 Å². The molecule has 29 heavy (non-hydrogen) atoms. The van der Waals surface area contributed by atoms with E-state index in [-0.39, 0.29) is 16.6 Å². The highest BCUT2D eigenvalue weighted by Gasteiger charge is 2.52. The predicted octanol–water partition coefficient (Wildman–Crippen LogP) is 4.29. The van der Waals surface area contributed by atoms with Crippen molar-refractivity contribution in [1.29, 1.82) is 0 Å². The van der Waals surface area contributed by atoms with Crippen LogP contribution in [0, 0.1) is 5.41 Å². The van der Waals surface area contributed by atoms with Crippen molar-refractivity contribution in [3.63, 3.8) is 0 Å². The average molecular weight is 388 g/mol. The first-order chi connectivity index (χ1) is 13.7. The molecular weight excluding hydrogens is 359 g/mol. The van der Waals surface area contributed by atoms with Crippen LogP contribution in [0.1, 0.15) is 67.6 Å². The molecule has 5 rings (SSSR count). The normalized spacial score (nSPS) is 23.7. The van der Waals surface area contributed by atoms with Crippen LogP contribution >= 0.6 is 0 Å². The van der Waals surface area contributed by atoms with Crippen LogP contribution < -0.4 is 5.46 Å². The third-order valence-electron chi connectivity index (χ3n) is 7.78. The van der Waals surface area contributed by atoms with E-state index in [1.807, 2.05) is 6.07 Å². The summed E-state index contributed by atoms with van der Waals surface area (Å²) in [5.74, 6) is 0.318. The smallest absolute Gasteiger partial charge is 0.399 e. The van der Waals surface area contributed by atoms with Gasteiger partial charge in [0.25, 0.3) is 0 Å². The fourth-order valence-corrected chi connectivity index (χ4v) is 5.14. The first-order valence-electron chi connectivity index (χ1n) is 10.8. The van der Waals surface area contributed by atoms with Gasteiger partial charge in [0.15, 0.2) is 5.78 Å². The zero-order valence-electron chi connectivity index (χ0n) is 17.9. The number of fused-ring (bicyclic) bond motifs is 2. The molecule has 1 spiro atoms. The Balaban J connectivity index is 1.43. The van der Waals surface area contributed by atoms with Gasteiger partial charge in [0, 0.05) is 11.0 Å². The summed E-state index contributed by atoms with van der Waals surface area (Å²) in [6, 6.07) is 14.9. The molecule has 0 unspecified atom stereocenters. The number of carbonyl (C=O) groups excluding carboxylic acids is 1. The van der Waals surface area contributed by atoms with Gasteiger partial charge in [0.2, 0.25) is 0 Å². The lowest BCUT2D eigenvalue weighted by Gasteiger charge is -2.32. The number of ketones is 1. The zero-order chi connectivity index (χ0) is 20.4. The standard InChI is InChI=1S/C25H29BO3/c1-23(2)24(3,4)29-26(28-23)20-10-9-19-16-25(22(27)21(19)15-20)13-11-17-7-5-6-8-18(17)12-14-25/h5-10,15H,11-14,16H2,1-4H3. The molecule has 1 heterocycles. The van der Waals surface area contributed by atoms with Crippen LogP contribution in [0.3, 0.4) is 0 Å². The van der Waals surface area contributed by atoms with Gasteiger partial charge in [0.1, 0.15) is 0 Å². The monoisotopic (exact) mass is 388 g/mol. The highest BCUT2D eigenvalue weighted by Crippen LogP contribution is 2.46. The average Bonchev–Trinajstić information content (AvgIpc) is 2.98. The molecule has 150 valence electrons. The van der Waals surface area contributed by atoms with Crippen molar-refractivity contribution < 1.29 is 14.1 Å². The number of benzene rings is 2. The lowest BCUT2D eigenvalue weighted by Crippen LogP contribution is -2.41. The second kappa shape index (κ2) is 6.29. The first-order valence-corrected chi connectivity index (χ1v) is 10.8. The third kappa shape index (κ3) is 2.91. The van der Waals surface area contributed by atoms with Crippen LogP contribution in [0.25, 0.3) is 0 Å². The molecule has 0 bridgehead atoms. The van der Waals surface area contributed by atoms with Gasteiger partial charge in [-0.3, -0.25) is 4.79 Å². The Kier molecular flexibility index (Phi) is 4.14. The molecule has 3 aliphatic rings. The van der Waals surface area contributed by atoms with Gasteiger partial charge in [-0.1, -0.05) is 42.5 Å². The second-order valence-corrected chi connectivity index (χ2v) is 10.1. The van der Waals surface area contributed by atoms with Crippen LogP contribution in [0.4, 0.5) is 0 Å². The molecule has 0 radical (unpaired) electrons. The molecule has 0 saturated carbocycles. The largest absolute Gasteiger partial charge is 0.494 e. The Morgan fingerprint density at radius 2 is 1.41 bits per heavy atom. The van der Waals surface area contributed by atoms with Crippen LogP contribution in [-0.4, -0.2) is 24.1 Å². The van der Waals surface area contributed by atoms with E-state index in [9.17, 15) is 4.79 Å². The van der Waals surface area contributed by atoms with Crippen molar-refractivity contribution in [2.24, 2.45) is 5.41 Å². The Labute approximate surface area is 173 Å². The minimum absolute atomic E-state index is 0.254. The number of aryl methyl sites for hydroxylation is 2. The molecule has 2 aromatic carbocycles. The van der Waals surface area contributed by atoms with Crippen molar-refractivity contribution >= 4 is 18.4 Å². The Bertz CT molecular complexity index is 948. The molecule has 2 aromatic rings. The van der Waals surface area contributed by atoms with Crippen molar-refractivity contribution in [2.75, 3.05) is 0 Å². The highest BCUT2D eigenvalue weighted by atomic mass is 16.7. The lowest BCUT2D eigenvalue weighted by atomic mass is 9.76. The van der Waals surface area contributed by atoms with E-state index in [4.69, 9.17) is 9.31 Å². The fourth-order valence-electron chi connectivity index (χ4n) is 5.14. The summed E-state index contributed by atoms with van der Waals surface area (Å²) in [5.41, 5.74) is 4.81. The van der Waals surface area contributed by atoms with Gasteiger partial charge >= 0.3 is 7.12 Å². The fraction of sp³-hybridized carbons (Fsp3) is 0.480. The van der Waals surface area contributed by atoms with Crippen LogP contribution in [0.15, 0.2) is 42.5 Å². The SMILES string of the molecule is CC1(C)OB(c2ccc3c(c2)C(=O)C2(CCc4ccccc4CC2)C3)OC1(C)C. The summed E-state index contributed by atoms with van der Waals surface area (Å²) in [6.45, 7) is 8.24. The number of hydrogen-bond donors (Lipinski definition) is 0. The molecule has 0 aromatic heterocycles. The van der Waals surface area contributed by atoms with Crippen LogP contribution in [-0.2, 0) is 28.6 Å². The van der Waals surface area contributed by atoms with E-state index in [1.165, 1.54) is 16.7 Å². The molecule has 0 N–H and O–H groups in total. The zero-order valence-corrected chi connectivity index (χ0v) is 17.9. The van der Waals surface area contributed by atoms with Gasteiger partial charge < -0.3 is 9.31 Å². The Hall–Kier alpha value is -1.91. The summed E-state index contributed by atoms with van der Waals surface area (Å²) in [6.07, 6.45) is 4.70. The Morgan fingerprint density at radius 1 is 0.828 bits per heavy atom. The molecule has 3 nitrogen and oxygen atoms in total. The maximum absolute atomic E-state index is 13.6. The molecule has 1 saturated heterocycles. The van der Waals surface area contributed by atoms with Gasteiger partial charge in [-0.2, -0.15) is 0 Å². The van der Waals surface area contributed by atoms with Crippen molar-refractivity contribution in [3.8, 4) is 0 Å². The quantitative estimate of drug-likeness (QED) is 0.684. The van der Waals surface area contributed by atoms with Gasteiger partial charge in [-0.05, 0) is 82.0 Å². The molecule has 4 heteroatoms. The molecule has 1 aliphatic heterocycles. The summed E-state index contributed by atoms with van der Waals surface area (Å²) in [7, 11) is -0.423. The van der Waals surface area contributed by atoms with Crippen LogP contribution in [0.2, 0.25) is 0 Å². The predicted molar refractivity (Wildman–Crippen MR) is 116 cm³/mol.